The van der Waals surface area contributed by atoms with E-state index in [1.165, 1.54) is 12.1 Å². The molecule has 0 spiro atoms. The Bertz CT molecular complexity index is 534. The monoisotopic (exact) mass is 269 g/mol. The Labute approximate surface area is 108 Å². The largest absolute Gasteiger partial charge is 0.485 e. The molecule has 2 N–H and O–H groups in total. The van der Waals surface area contributed by atoms with Crippen LogP contribution in [-0.4, -0.2) is 0 Å². The van der Waals surface area contributed by atoms with Gasteiger partial charge in [-0.15, -0.1) is 0 Å². The van der Waals surface area contributed by atoms with Gasteiger partial charge in [-0.2, -0.15) is 0 Å². The van der Waals surface area contributed by atoms with E-state index in [2.05, 4.69) is 0 Å². The molecule has 0 saturated heterocycles. The summed E-state index contributed by atoms with van der Waals surface area (Å²) in [5.41, 5.74) is 6.43. The third kappa shape index (κ3) is 2.90. The van der Waals surface area contributed by atoms with E-state index < -0.39 is 11.6 Å². The van der Waals surface area contributed by atoms with Crippen molar-refractivity contribution >= 4 is 17.3 Å². The first-order valence-electron chi connectivity index (χ1n) is 5.18. The molecule has 0 heterocycles. The van der Waals surface area contributed by atoms with Crippen molar-refractivity contribution in [1.29, 1.82) is 0 Å². The second kappa shape index (κ2) is 5.23. The second-order valence-electron chi connectivity index (χ2n) is 3.72. The topological polar surface area (TPSA) is 35.2 Å². The summed E-state index contributed by atoms with van der Waals surface area (Å²) in [5, 5.41) is 0.354. The molecule has 0 amide bonds. The Balaban J connectivity index is 2.16. The van der Waals surface area contributed by atoms with Crippen LogP contribution in [0.5, 0.6) is 5.75 Å². The van der Waals surface area contributed by atoms with Gasteiger partial charge in [-0.25, -0.2) is 8.78 Å². The van der Waals surface area contributed by atoms with Crippen molar-refractivity contribution in [2.45, 2.75) is 6.61 Å². The second-order valence-corrected chi connectivity index (χ2v) is 4.13. The molecule has 2 aromatic carbocycles. The number of ether oxygens (including phenoxy) is 1. The molecule has 0 atom stereocenters. The lowest BCUT2D eigenvalue weighted by atomic mass is 10.2. The third-order valence-electron chi connectivity index (χ3n) is 2.30. The summed E-state index contributed by atoms with van der Waals surface area (Å²) in [6.07, 6.45) is 0. The maximum absolute atomic E-state index is 13.0. The molecule has 0 aromatic heterocycles. The summed E-state index contributed by atoms with van der Waals surface area (Å²) >= 11 is 5.91. The highest BCUT2D eigenvalue weighted by Crippen LogP contribution is 2.31. The van der Waals surface area contributed by atoms with Gasteiger partial charge in [0.2, 0.25) is 0 Å². The molecule has 0 saturated carbocycles. The van der Waals surface area contributed by atoms with Crippen LogP contribution in [-0.2, 0) is 6.61 Å². The zero-order chi connectivity index (χ0) is 13.1. The normalized spacial score (nSPS) is 10.4. The first kappa shape index (κ1) is 12.6. The highest BCUT2D eigenvalue weighted by atomic mass is 35.5. The standard InChI is InChI=1S/C13H10ClF2NO/c14-11-2-1-3-12(17)13(11)18-7-8-4-9(15)6-10(16)5-8/h1-6H,7,17H2. The van der Waals surface area contributed by atoms with E-state index in [1.54, 1.807) is 18.2 Å². The van der Waals surface area contributed by atoms with Crippen LogP contribution in [0.3, 0.4) is 0 Å². The molecule has 2 rings (SSSR count). The van der Waals surface area contributed by atoms with Crippen LogP contribution in [0.2, 0.25) is 5.02 Å². The number of para-hydroxylation sites is 1. The van der Waals surface area contributed by atoms with Crippen molar-refractivity contribution in [2.75, 3.05) is 5.73 Å². The fourth-order valence-electron chi connectivity index (χ4n) is 1.53. The van der Waals surface area contributed by atoms with E-state index in [-0.39, 0.29) is 6.61 Å². The van der Waals surface area contributed by atoms with Crippen LogP contribution in [0, 0.1) is 11.6 Å². The van der Waals surface area contributed by atoms with E-state index in [1.807, 2.05) is 0 Å². The van der Waals surface area contributed by atoms with Crippen molar-refractivity contribution < 1.29 is 13.5 Å². The fourth-order valence-corrected chi connectivity index (χ4v) is 1.76. The van der Waals surface area contributed by atoms with Crippen molar-refractivity contribution in [2.24, 2.45) is 0 Å². The smallest absolute Gasteiger partial charge is 0.161 e. The summed E-state index contributed by atoms with van der Waals surface area (Å²) in [7, 11) is 0. The predicted octanol–water partition coefficient (Wildman–Crippen LogP) is 3.78. The highest BCUT2D eigenvalue weighted by molar-refractivity contribution is 6.32. The van der Waals surface area contributed by atoms with Gasteiger partial charge in [0.15, 0.2) is 5.75 Å². The van der Waals surface area contributed by atoms with Crippen LogP contribution in [0.15, 0.2) is 36.4 Å². The van der Waals surface area contributed by atoms with Gasteiger partial charge in [0.25, 0.3) is 0 Å². The Kier molecular flexibility index (Phi) is 3.67. The molecule has 0 fully saturated rings. The Morgan fingerprint density at radius 2 is 1.78 bits per heavy atom. The Morgan fingerprint density at radius 1 is 1.11 bits per heavy atom. The van der Waals surface area contributed by atoms with Crippen molar-refractivity contribution in [3.8, 4) is 5.75 Å². The van der Waals surface area contributed by atoms with Crippen molar-refractivity contribution in [3.05, 3.63) is 58.6 Å². The lowest BCUT2D eigenvalue weighted by Gasteiger charge is -2.10. The number of benzene rings is 2. The SMILES string of the molecule is Nc1cccc(Cl)c1OCc1cc(F)cc(F)c1. The first-order valence-corrected chi connectivity index (χ1v) is 5.56. The van der Waals surface area contributed by atoms with Crippen LogP contribution >= 0.6 is 11.6 Å². The van der Waals surface area contributed by atoms with Crippen LogP contribution in [0.1, 0.15) is 5.56 Å². The van der Waals surface area contributed by atoms with Crippen molar-refractivity contribution in [1.82, 2.24) is 0 Å². The quantitative estimate of drug-likeness (QED) is 0.861. The van der Waals surface area contributed by atoms with Gasteiger partial charge in [-0.1, -0.05) is 17.7 Å². The molecule has 0 aliphatic rings. The third-order valence-corrected chi connectivity index (χ3v) is 2.60. The predicted molar refractivity (Wildman–Crippen MR) is 66.6 cm³/mol. The summed E-state index contributed by atoms with van der Waals surface area (Å²) in [6, 6.07) is 8.12. The van der Waals surface area contributed by atoms with E-state index >= 15 is 0 Å². The maximum Gasteiger partial charge on any atom is 0.161 e. The minimum atomic E-state index is -0.652. The van der Waals surface area contributed by atoms with Gasteiger partial charge in [0.1, 0.15) is 18.2 Å². The van der Waals surface area contributed by atoms with E-state index in [0.717, 1.165) is 6.07 Å². The van der Waals surface area contributed by atoms with Crippen LogP contribution < -0.4 is 10.5 Å². The molecule has 18 heavy (non-hydrogen) atoms. The molecule has 2 nitrogen and oxygen atoms in total. The average Bonchev–Trinajstić information content (AvgIpc) is 2.27. The lowest BCUT2D eigenvalue weighted by molar-refractivity contribution is 0.306. The van der Waals surface area contributed by atoms with Gasteiger partial charge in [-0.3, -0.25) is 0 Å². The molecule has 0 aliphatic heterocycles. The fraction of sp³-hybridized carbons (Fsp3) is 0.0769. The van der Waals surface area contributed by atoms with E-state index in [0.29, 0.717) is 22.0 Å². The lowest BCUT2D eigenvalue weighted by Crippen LogP contribution is -2.00. The average molecular weight is 270 g/mol. The van der Waals surface area contributed by atoms with Gasteiger partial charge in [0.05, 0.1) is 10.7 Å². The zero-order valence-corrected chi connectivity index (χ0v) is 10.0. The molecule has 0 aliphatic carbocycles. The molecule has 0 radical (unpaired) electrons. The number of rotatable bonds is 3. The molecular formula is C13H10ClF2NO. The molecule has 0 unspecified atom stereocenters. The van der Waals surface area contributed by atoms with E-state index in [4.69, 9.17) is 22.1 Å². The van der Waals surface area contributed by atoms with Gasteiger partial charge < -0.3 is 10.5 Å². The Morgan fingerprint density at radius 3 is 2.39 bits per heavy atom. The van der Waals surface area contributed by atoms with Gasteiger partial charge in [0, 0.05) is 6.07 Å². The molecule has 94 valence electrons. The zero-order valence-electron chi connectivity index (χ0n) is 9.29. The molecule has 0 bridgehead atoms. The first-order chi connectivity index (χ1) is 8.56. The minimum Gasteiger partial charge on any atom is -0.485 e. The van der Waals surface area contributed by atoms with Gasteiger partial charge in [-0.05, 0) is 29.8 Å². The summed E-state index contributed by atoms with van der Waals surface area (Å²) in [6.45, 7) is -0.0113. The van der Waals surface area contributed by atoms with Gasteiger partial charge >= 0.3 is 0 Å². The number of halogens is 3. The van der Waals surface area contributed by atoms with Crippen LogP contribution in [0.4, 0.5) is 14.5 Å². The number of anilines is 1. The number of hydrogen-bond donors (Lipinski definition) is 1. The summed E-state index contributed by atoms with van der Waals surface area (Å²) in [5.74, 6) is -0.995. The Hall–Kier alpha value is -1.81. The molecular weight excluding hydrogens is 260 g/mol. The van der Waals surface area contributed by atoms with Crippen LogP contribution in [0.25, 0.3) is 0 Å². The molecule has 2 aromatic rings. The number of nitrogen functional groups attached to an aromatic ring is 1. The van der Waals surface area contributed by atoms with Crippen molar-refractivity contribution in [3.63, 3.8) is 0 Å². The van der Waals surface area contributed by atoms with E-state index in [9.17, 15) is 8.78 Å². The highest BCUT2D eigenvalue weighted by Gasteiger charge is 2.07. The molecule has 5 heteroatoms. The maximum atomic E-state index is 13.0. The minimum absolute atomic E-state index is 0.0113. The number of nitrogens with two attached hydrogens (primary N) is 1. The number of hydrogen-bond acceptors (Lipinski definition) is 2. The summed E-state index contributed by atoms with van der Waals surface area (Å²) < 4.78 is 31.3. The summed E-state index contributed by atoms with van der Waals surface area (Å²) in [4.78, 5) is 0.